The standard InChI is InChI=1S/C13H28N2/c1-4-8-15(9-5-2)13(3,11-14)10-12-6-7-12/h12H,4-11,14H2,1-3H3. The summed E-state index contributed by atoms with van der Waals surface area (Å²) in [6.45, 7) is 10.1. The van der Waals surface area contributed by atoms with E-state index in [9.17, 15) is 0 Å². The summed E-state index contributed by atoms with van der Waals surface area (Å²) >= 11 is 0. The van der Waals surface area contributed by atoms with Gasteiger partial charge in [-0.3, -0.25) is 4.90 Å². The van der Waals surface area contributed by atoms with Gasteiger partial charge < -0.3 is 5.73 Å². The molecule has 1 aliphatic carbocycles. The van der Waals surface area contributed by atoms with E-state index < -0.39 is 0 Å². The SMILES string of the molecule is CCCN(CCC)C(C)(CN)CC1CC1. The van der Waals surface area contributed by atoms with E-state index in [0.29, 0.717) is 0 Å². The summed E-state index contributed by atoms with van der Waals surface area (Å²) in [6, 6.07) is 0. The molecule has 0 bridgehead atoms. The predicted molar refractivity (Wildman–Crippen MR) is 67.0 cm³/mol. The molecule has 0 aromatic heterocycles. The van der Waals surface area contributed by atoms with E-state index in [1.54, 1.807) is 0 Å². The van der Waals surface area contributed by atoms with Crippen molar-refractivity contribution in [1.29, 1.82) is 0 Å². The molecule has 0 saturated heterocycles. The van der Waals surface area contributed by atoms with Crippen molar-refractivity contribution in [3.8, 4) is 0 Å². The van der Waals surface area contributed by atoms with Gasteiger partial charge in [0.15, 0.2) is 0 Å². The summed E-state index contributed by atoms with van der Waals surface area (Å²) in [5.41, 5.74) is 6.26. The minimum Gasteiger partial charge on any atom is -0.329 e. The Morgan fingerprint density at radius 3 is 2.07 bits per heavy atom. The molecule has 2 N–H and O–H groups in total. The van der Waals surface area contributed by atoms with E-state index in [1.807, 2.05) is 0 Å². The van der Waals surface area contributed by atoms with E-state index in [2.05, 4.69) is 25.7 Å². The molecular formula is C13H28N2. The average Bonchev–Trinajstić information content (AvgIpc) is 3.01. The zero-order chi connectivity index (χ0) is 11.3. The molecule has 90 valence electrons. The highest BCUT2D eigenvalue weighted by Gasteiger charge is 2.36. The summed E-state index contributed by atoms with van der Waals surface area (Å²) in [6.07, 6.45) is 6.65. The van der Waals surface area contributed by atoms with Crippen molar-refractivity contribution >= 4 is 0 Å². The molecule has 2 nitrogen and oxygen atoms in total. The lowest BCUT2D eigenvalue weighted by Crippen LogP contribution is -2.52. The van der Waals surface area contributed by atoms with Crippen molar-refractivity contribution in [2.45, 2.75) is 58.4 Å². The molecule has 0 aromatic rings. The predicted octanol–water partition coefficient (Wildman–Crippen LogP) is 2.63. The third-order valence-electron chi connectivity index (χ3n) is 3.62. The van der Waals surface area contributed by atoms with Crippen LogP contribution in [0.4, 0.5) is 0 Å². The molecule has 0 spiro atoms. The number of nitrogens with two attached hydrogens (primary N) is 1. The third-order valence-corrected chi connectivity index (χ3v) is 3.62. The van der Waals surface area contributed by atoms with E-state index in [4.69, 9.17) is 5.73 Å². The fourth-order valence-corrected chi connectivity index (χ4v) is 2.48. The molecule has 0 aromatic carbocycles. The van der Waals surface area contributed by atoms with Crippen LogP contribution in [-0.2, 0) is 0 Å². The van der Waals surface area contributed by atoms with Crippen LogP contribution >= 0.6 is 0 Å². The smallest absolute Gasteiger partial charge is 0.0306 e. The second-order valence-electron chi connectivity index (χ2n) is 5.34. The van der Waals surface area contributed by atoms with Crippen LogP contribution in [0.2, 0.25) is 0 Å². The second kappa shape index (κ2) is 5.86. The Labute approximate surface area is 95.2 Å². The Hall–Kier alpha value is -0.0800. The zero-order valence-corrected chi connectivity index (χ0v) is 10.8. The monoisotopic (exact) mass is 212 g/mol. The van der Waals surface area contributed by atoms with E-state index in [0.717, 1.165) is 12.5 Å². The summed E-state index contributed by atoms with van der Waals surface area (Å²) in [4.78, 5) is 2.62. The molecule has 1 rings (SSSR count). The molecule has 1 unspecified atom stereocenters. The van der Waals surface area contributed by atoms with Crippen LogP contribution in [0.3, 0.4) is 0 Å². The quantitative estimate of drug-likeness (QED) is 0.670. The van der Waals surface area contributed by atoms with E-state index >= 15 is 0 Å². The summed E-state index contributed by atoms with van der Waals surface area (Å²) in [7, 11) is 0. The van der Waals surface area contributed by atoms with Crippen LogP contribution in [0, 0.1) is 5.92 Å². The first-order valence-corrected chi connectivity index (χ1v) is 6.61. The first-order chi connectivity index (χ1) is 7.16. The van der Waals surface area contributed by atoms with Gasteiger partial charge in [-0.1, -0.05) is 26.7 Å². The summed E-state index contributed by atoms with van der Waals surface area (Å²) in [5.74, 6) is 0.967. The van der Waals surface area contributed by atoms with Crippen LogP contribution < -0.4 is 5.73 Å². The van der Waals surface area contributed by atoms with Gasteiger partial charge in [-0.2, -0.15) is 0 Å². The molecular weight excluding hydrogens is 184 g/mol. The topological polar surface area (TPSA) is 29.3 Å². The van der Waals surface area contributed by atoms with Crippen LogP contribution in [0.5, 0.6) is 0 Å². The number of rotatable bonds is 8. The summed E-state index contributed by atoms with van der Waals surface area (Å²) < 4.78 is 0. The van der Waals surface area contributed by atoms with Crippen molar-refractivity contribution in [3.63, 3.8) is 0 Å². The molecule has 0 radical (unpaired) electrons. The molecule has 2 heteroatoms. The molecule has 1 atom stereocenters. The maximum absolute atomic E-state index is 6.00. The van der Waals surface area contributed by atoms with Gasteiger partial charge in [-0.05, 0) is 45.2 Å². The Kier molecular flexibility index (Phi) is 5.07. The minimum atomic E-state index is 0.257. The van der Waals surface area contributed by atoms with Crippen molar-refractivity contribution in [2.75, 3.05) is 19.6 Å². The van der Waals surface area contributed by atoms with Crippen LogP contribution in [0.1, 0.15) is 52.9 Å². The highest BCUT2D eigenvalue weighted by Crippen LogP contribution is 2.38. The van der Waals surface area contributed by atoms with Crippen LogP contribution in [0.25, 0.3) is 0 Å². The normalized spacial score (nSPS) is 20.6. The zero-order valence-electron chi connectivity index (χ0n) is 10.8. The molecule has 0 aliphatic heterocycles. The van der Waals surface area contributed by atoms with Gasteiger partial charge in [-0.15, -0.1) is 0 Å². The average molecular weight is 212 g/mol. The third kappa shape index (κ3) is 3.76. The maximum Gasteiger partial charge on any atom is 0.0306 e. The molecule has 1 fully saturated rings. The number of nitrogens with zero attached hydrogens (tertiary/aromatic N) is 1. The van der Waals surface area contributed by atoms with Crippen molar-refractivity contribution in [1.82, 2.24) is 4.90 Å². The Balaban J connectivity index is 2.55. The van der Waals surface area contributed by atoms with Gasteiger partial charge in [0.05, 0.1) is 0 Å². The van der Waals surface area contributed by atoms with Crippen molar-refractivity contribution in [2.24, 2.45) is 11.7 Å². The number of hydrogen-bond acceptors (Lipinski definition) is 2. The Bertz CT molecular complexity index is 171. The molecule has 1 saturated carbocycles. The van der Waals surface area contributed by atoms with Gasteiger partial charge in [0.1, 0.15) is 0 Å². The van der Waals surface area contributed by atoms with Crippen molar-refractivity contribution in [3.05, 3.63) is 0 Å². The minimum absolute atomic E-state index is 0.257. The van der Waals surface area contributed by atoms with E-state index in [1.165, 1.54) is 45.2 Å². The van der Waals surface area contributed by atoms with Gasteiger partial charge in [0.25, 0.3) is 0 Å². The van der Waals surface area contributed by atoms with Gasteiger partial charge in [0, 0.05) is 12.1 Å². The Morgan fingerprint density at radius 2 is 1.73 bits per heavy atom. The Morgan fingerprint density at radius 1 is 1.20 bits per heavy atom. The maximum atomic E-state index is 6.00. The number of hydrogen-bond donors (Lipinski definition) is 1. The lowest BCUT2D eigenvalue weighted by molar-refractivity contribution is 0.0954. The highest BCUT2D eigenvalue weighted by molar-refractivity contribution is 4.92. The second-order valence-corrected chi connectivity index (χ2v) is 5.34. The first kappa shape index (κ1) is 13.0. The highest BCUT2D eigenvalue weighted by atomic mass is 15.2. The fourth-order valence-electron chi connectivity index (χ4n) is 2.48. The van der Waals surface area contributed by atoms with Crippen molar-refractivity contribution < 1.29 is 0 Å². The van der Waals surface area contributed by atoms with Gasteiger partial charge in [0.2, 0.25) is 0 Å². The lowest BCUT2D eigenvalue weighted by atomic mass is 9.92. The van der Waals surface area contributed by atoms with E-state index in [-0.39, 0.29) is 5.54 Å². The largest absolute Gasteiger partial charge is 0.329 e. The first-order valence-electron chi connectivity index (χ1n) is 6.61. The molecule has 0 amide bonds. The molecule has 15 heavy (non-hydrogen) atoms. The summed E-state index contributed by atoms with van der Waals surface area (Å²) in [5, 5.41) is 0. The molecule has 1 aliphatic rings. The van der Waals surface area contributed by atoms with Gasteiger partial charge in [-0.25, -0.2) is 0 Å². The lowest BCUT2D eigenvalue weighted by Gasteiger charge is -2.41. The van der Waals surface area contributed by atoms with Gasteiger partial charge >= 0.3 is 0 Å². The van der Waals surface area contributed by atoms with Crippen LogP contribution in [0.15, 0.2) is 0 Å². The van der Waals surface area contributed by atoms with Crippen LogP contribution in [-0.4, -0.2) is 30.1 Å². The molecule has 0 heterocycles. The fraction of sp³-hybridized carbons (Fsp3) is 1.00.